The first kappa shape index (κ1) is 20.3. The maximum absolute atomic E-state index is 13.6. The lowest BCUT2D eigenvalue weighted by Gasteiger charge is -2.27. The van der Waals surface area contributed by atoms with E-state index >= 15 is 0 Å². The van der Waals surface area contributed by atoms with E-state index in [2.05, 4.69) is 9.97 Å². The predicted octanol–water partition coefficient (Wildman–Crippen LogP) is 4.62. The Balaban J connectivity index is 2.57. The molecule has 0 saturated heterocycles. The number of aliphatic hydroxyl groups is 2. The van der Waals surface area contributed by atoms with Crippen molar-refractivity contribution in [3.63, 3.8) is 0 Å². The Bertz CT molecular complexity index is 1060. The van der Waals surface area contributed by atoms with E-state index in [1.165, 1.54) is 12.3 Å². The summed E-state index contributed by atoms with van der Waals surface area (Å²) in [7, 11) is 0. The fourth-order valence-corrected chi connectivity index (χ4v) is 2.91. The molecule has 0 spiro atoms. The summed E-state index contributed by atoms with van der Waals surface area (Å²) in [4.78, 5) is 8.03. The van der Waals surface area contributed by atoms with Gasteiger partial charge in [0.1, 0.15) is 0 Å². The number of benzene rings is 1. The second-order valence-corrected chi connectivity index (χ2v) is 6.64. The van der Waals surface area contributed by atoms with E-state index in [4.69, 9.17) is 0 Å². The average Bonchev–Trinajstić information content (AvgIpc) is 2.58. The first-order chi connectivity index (χ1) is 12.7. The highest BCUT2D eigenvalue weighted by atomic mass is 19.4. The first-order valence-electron chi connectivity index (χ1n) is 8.06. The van der Waals surface area contributed by atoms with E-state index in [1.807, 2.05) is 0 Å². The van der Waals surface area contributed by atoms with Crippen LogP contribution in [0.5, 0.6) is 0 Å². The fraction of sp³-hybridized carbons (Fsp3) is 0.333. The van der Waals surface area contributed by atoms with Gasteiger partial charge in [-0.1, -0.05) is 19.9 Å². The van der Waals surface area contributed by atoms with Gasteiger partial charge < -0.3 is 10.2 Å². The second kappa shape index (κ2) is 6.28. The third-order valence-corrected chi connectivity index (χ3v) is 4.36. The highest BCUT2D eigenvalue weighted by Crippen LogP contribution is 2.44. The maximum Gasteiger partial charge on any atom is 0.447 e. The maximum atomic E-state index is 13.6. The summed E-state index contributed by atoms with van der Waals surface area (Å²) >= 11 is 0. The molecule has 0 bridgehead atoms. The van der Waals surface area contributed by atoms with Crippen molar-refractivity contribution in [1.29, 1.82) is 0 Å². The summed E-state index contributed by atoms with van der Waals surface area (Å²) in [5.41, 5.74) is -2.86. The SMILES string of the molecule is CC(C)c1cc(C(F)(F)F)c2cc(C(O)(O)C(F)(F)F)c3cccnc3c2n1. The van der Waals surface area contributed by atoms with Gasteiger partial charge in [-0.05, 0) is 24.1 Å². The van der Waals surface area contributed by atoms with Crippen molar-refractivity contribution in [3.8, 4) is 0 Å². The van der Waals surface area contributed by atoms with Crippen LogP contribution in [0.4, 0.5) is 26.3 Å². The van der Waals surface area contributed by atoms with Crippen LogP contribution in [0.15, 0.2) is 30.5 Å². The van der Waals surface area contributed by atoms with Gasteiger partial charge in [-0.15, -0.1) is 0 Å². The molecular weight excluding hydrogens is 390 g/mol. The molecule has 0 atom stereocenters. The van der Waals surface area contributed by atoms with Gasteiger partial charge in [0, 0.05) is 28.2 Å². The van der Waals surface area contributed by atoms with Crippen LogP contribution < -0.4 is 0 Å². The number of fused-ring (bicyclic) bond motifs is 3. The predicted molar refractivity (Wildman–Crippen MR) is 88.3 cm³/mol. The lowest BCUT2D eigenvalue weighted by Crippen LogP contribution is -2.42. The number of halogens is 6. The summed E-state index contributed by atoms with van der Waals surface area (Å²) in [5.74, 6) is -4.77. The van der Waals surface area contributed by atoms with Gasteiger partial charge in [0.2, 0.25) is 0 Å². The molecule has 0 unspecified atom stereocenters. The van der Waals surface area contributed by atoms with E-state index < -0.39 is 40.6 Å². The largest absolute Gasteiger partial charge is 0.447 e. The molecule has 2 N–H and O–H groups in total. The summed E-state index contributed by atoms with van der Waals surface area (Å²) in [6.07, 6.45) is -9.28. The van der Waals surface area contributed by atoms with Gasteiger partial charge in [-0.25, -0.2) is 0 Å². The molecule has 1 aromatic carbocycles. The molecule has 0 fully saturated rings. The first-order valence-corrected chi connectivity index (χ1v) is 8.06. The minimum atomic E-state index is -5.55. The number of hydrogen-bond acceptors (Lipinski definition) is 4. The van der Waals surface area contributed by atoms with Crippen molar-refractivity contribution >= 4 is 21.8 Å². The second-order valence-electron chi connectivity index (χ2n) is 6.64. The van der Waals surface area contributed by atoms with Gasteiger partial charge >= 0.3 is 12.4 Å². The number of rotatable bonds is 2. The number of aromatic nitrogens is 2. The average molecular weight is 404 g/mol. The molecule has 0 aliphatic carbocycles. The molecular formula is C18H14F6N2O2. The molecule has 0 aliphatic heterocycles. The van der Waals surface area contributed by atoms with Crippen LogP contribution in [0.2, 0.25) is 0 Å². The normalized spacial score (nSPS) is 13.7. The Morgan fingerprint density at radius 2 is 1.54 bits per heavy atom. The fourth-order valence-electron chi connectivity index (χ4n) is 2.91. The van der Waals surface area contributed by atoms with Gasteiger partial charge in [0.15, 0.2) is 0 Å². The van der Waals surface area contributed by atoms with Crippen molar-refractivity contribution in [2.24, 2.45) is 0 Å². The van der Waals surface area contributed by atoms with Gasteiger partial charge in [-0.3, -0.25) is 9.97 Å². The van der Waals surface area contributed by atoms with Gasteiger partial charge in [0.25, 0.3) is 5.79 Å². The van der Waals surface area contributed by atoms with Crippen LogP contribution in [0.3, 0.4) is 0 Å². The number of nitrogens with zero attached hydrogens (tertiary/aromatic N) is 2. The topological polar surface area (TPSA) is 66.2 Å². The third-order valence-electron chi connectivity index (χ3n) is 4.36. The van der Waals surface area contributed by atoms with Gasteiger partial charge in [-0.2, -0.15) is 26.3 Å². The Kier molecular flexibility index (Phi) is 4.55. The Morgan fingerprint density at radius 3 is 2.07 bits per heavy atom. The van der Waals surface area contributed by atoms with Crippen LogP contribution in [-0.4, -0.2) is 26.4 Å². The van der Waals surface area contributed by atoms with Crippen molar-refractivity contribution in [1.82, 2.24) is 9.97 Å². The Labute approximate surface area is 154 Å². The quantitative estimate of drug-likeness (QED) is 0.372. The van der Waals surface area contributed by atoms with Crippen LogP contribution in [-0.2, 0) is 12.0 Å². The summed E-state index contributed by atoms with van der Waals surface area (Å²) in [6.45, 7) is 3.24. The van der Waals surface area contributed by atoms with Crippen LogP contribution >= 0.6 is 0 Å². The van der Waals surface area contributed by atoms with E-state index in [0.29, 0.717) is 6.07 Å². The Hall–Kier alpha value is -2.46. The molecule has 0 saturated carbocycles. The molecule has 28 heavy (non-hydrogen) atoms. The highest BCUT2D eigenvalue weighted by Gasteiger charge is 2.55. The van der Waals surface area contributed by atoms with Crippen molar-refractivity contribution < 1.29 is 36.6 Å². The van der Waals surface area contributed by atoms with Crippen LogP contribution in [0.25, 0.3) is 21.8 Å². The van der Waals surface area contributed by atoms with E-state index in [0.717, 1.165) is 12.1 Å². The summed E-state index contributed by atoms with van der Waals surface area (Å²) in [5, 5.41) is 18.4. The van der Waals surface area contributed by atoms with Crippen LogP contribution in [0, 0.1) is 0 Å². The van der Waals surface area contributed by atoms with E-state index in [-0.39, 0.29) is 22.1 Å². The molecule has 3 aromatic rings. The molecule has 150 valence electrons. The number of hydrogen-bond donors (Lipinski definition) is 2. The number of alkyl halides is 6. The minimum Gasteiger partial charge on any atom is -0.355 e. The van der Waals surface area contributed by atoms with Gasteiger partial charge in [0.05, 0.1) is 16.6 Å². The van der Waals surface area contributed by atoms with Crippen molar-refractivity contribution in [3.05, 3.63) is 47.3 Å². The summed E-state index contributed by atoms with van der Waals surface area (Å²) < 4.78 is 80.5. The molecule has 10 heteroatoms. The molecule has 2 aromatic heterocycles. The zero-order chi connectivity index (χ0) is 21.1. The monoisotopic (exact) mass is 404 g/mol. The summed E-state index contributed by atoms with van der Waals surface area (Å²) in [6, 6.07) is 3.56. The minimum absolute atomic E-state index is 0.0783. The Morgan fingerprint density at radius 1 is 0.893 bits per heavy atom. The zero-order valence-electron chi connectivity index (χ0n) is 14.5. The number of pyridine rings is 2. The molecule has 3 rings (SSSR count). The van der Waals surface area contributed by atoms with Crippen molar-refractivity contribution in [2.45, 2.75) is 37.9 Å². The lowest BCUT2D eigenvalue weighted by atomic mass is 9.93. The van der Waals surface area contributed by atoms with E-state index in [9.17, 15) is 36.6 Å². The van der Waals surface area contributed by atoms with E-state index in [1.54, 1.807) is 13.8 Å². The molecule has 0 radical (unpaired) electrons. The molecule has 0 amide bonds. The standard InChI is InChI=1S/C18H14F6N2O2/c1-8(2)13-7-12(17(19,20)21)10-6-11(16(27,28)18(22,23)24)9-4-3-5-25-14(9)15(10)26-13/h3-8,27-28H,1-2H3. The third kappa shape index (κ3) is 3.16. The molecule has 0 aliphatic rings. The lowest BCUT2D eigenvalue weighted by molar-refractivity contribution is -0.357. The molecule has 4 nitrogen and oxygen atoms in total. The zero-order valence-corrected chi connectivity index (χ0v) is 14.5. The molecule has 2 heterocycles. The smallest absolute Gasteiger partial charge is 0.355 e. The van der Waals surface area contributed by atoms with Crippen LogP contribution in [0.1, 0.15) is 36.6 Å². The van der Waals surface area contributed by atoms with Crippen molar-refractivity contribution in [2.75, 3.05) is 0 Å². The highest BCUT2D eigenvalue weighted by molar-refractivity contribution is 6.06.